The van der Waals surface area contributed by atoms with E-state index in [9.17, 15) is 13.6 Å². The van der Waals surface area contributed by atoms with Crippen molar-refractivity contribution in [3.05, 3.63) is 65.0 Å². The van der Waals surface area contributed by atoms with Crippen LogP contribution in [0.4, 0.5) is 14.7 Å². The third-order valence-electron chi connectivity index (χ3n) is 5.67. The first-order chi connectivity index (χ1) is 16.5. The van der Waals surface area contributed by atoms with Crippen molar-refractivity contribution in [2.75, 3.05) is 19.5 Å². The van der Waals surface area contributed by atoms with Gasteiger partial charge >= 0.3 is 0 Å². The highest BCUT2D eigenvalue weighted by molar-refractivity contribution is 6.03. The SMILES string of the molecule is COc1ccc(-c2nc(NC(=O)c3nn(-c4ccc(F)c(F)c4)c4c3CCC4)n[nH]2)c(OC)c1. The lowest BCUT2D eigenvalue weighted by Gasteiger charge is -2.07. The fraction of sp³-hybridized carbons (Fsp3) is 0.217. The maximum atomic E-state index is 13.8. The Morgan fingerprint density at radius 2 is 1.94 bits per heavy atom. The van der Waals surface area contributed by atoms with Gasteiger partial charge in [-0.1, -0.05) is 0 Å². The highest BCUT2D eigenvalue weighted by Gasteiger charge is 2.28. The van der Waals surface area contributed by atoms with Gasteiger partial charge in [-0.25, -0.2) is 13.5 Å². The standard InChI is InChI=1S/C23H20F2N6O3/c1-33-13-7-8-15(19(11-13)34-2)21-26-23(29-28-21)27-22(32)20-14-4-3-5-18(14)31(30-20)12-6-9-16(24)17(25)10-12/h6-11H,3-5H2,1-2H3,(H2,26,27,28,29,32). The number of fused-ring (bicyclic) bond motifs is 1. The summed E-state index contributed by atoms with van der Waals surface area (Å²) in [6, 6.07) is 8.76. The summed E-state index contributed by atoms with van der Waals surface area (Å²) in [4.78, 5) is 17.4. The van der Waals surface area contributed by atoms with E-state index in [0.717, 1.165) is 29.8 Å². The molecule has 5 rings (SSSR count). The smallest absolute Gasteiger partial charge is 0.278 e. The number of nitrogens with one attached hydrogen (secondary N) is 2. The van der Waals surface area contributed by atoms with Crippen LogP contribution in [-0.2, 0) is 12.8 Å². The average Bonchev–Trinajstić information content (AvgIpc) is 3.57. The molecule has 0 unspecified atom stereocenters. The zero-order chi connectivity index (χ0) is 23.8. The molecule has 4 aromatic rings. The number of aromatic nitrogens is 5. The van der Waals surface area contributed by atoms with Gasteiger partial charge in [-0.05, 0) is 43.5 Å². The van der Waals surface area contributed by atoms with Gasteiger partial charge in [0, 0.05) is 23.4 Å². The molecule has 0 spiro atoms. The Morgan fingerprint density at radius 3 is 2.71 bits per heavy atom. The summed E-state index contributed by atoms with van der Waals surface area (Å²) in [5.74, 6) is -0.811. The highest BCUT2D eigenvalue weighted by atomic mass is 19.2. The number of ether oxygens (including phenoxy) is 2. The molecule has 0 fully saturated rings. The first-order valence-corrected chi connectivity index (χ1v) is 10.5. The minimum Gasteiger partial charge on any atom is -0.497 e. The van der Waals surface area contributed by atoms with E-state index in [0.29, 0.717) is 41.4 Å². The number of rotatable bonds is 6. The lowest BCUT2D eigenvalue weighted by molar-refractivity contribution is 0.102. The average molecular weight is 466 g/mol. The van der Waals surface area contributed by atoms with Crippen molar-refractivity contribution in [1.82, 2.24) is 25.0 Å². The van der Waals surface area contributed by atoms with Crippen molar-refractivity contribution in [2.24, 2.45) is 0 Å². The number of anilines is 1. The molecule has 34 heavy (non-hydrogen) atoms. The topological polar surface area (TPSA) is 107 Å². The molecule has 0 bridgehead atoms. The summed E-state index contributed by atoms with van der Waals surface area (Å²) in [7, 11) is 3.09. The van der Waals surface area contributed by atoms with Crippen LogP contribution in [-0.4, -0.2) is 45.1 Å². The van der Waals surface area contributed by atoms with Gasteiger partial charge < -0.3 is 9.47 Å². The molecular formula is C23H20F2N6O3. The van der Waals surface area contributed by atoms with Crippen molar-refractivity contribution >= 4 is 11.9 Å². The number of H-pyrrole nitrogens is 1. The van der Waals surface area contributed by atoms with Crippen LogP contribution in [0.25, 0.3) is 17.1 Å². The molecule has 174 valence electrons. The lowest BCUT2D eigenvalue weighted by atomic mass is 10.2. The van der Waals surface area contributed by atoms with Crippen molar-refractivity contribution in [2.45, 2.75) is 19.3 Å². The van der Waals surface area contributed by atoms with E-state index in [-0.39, 0.29) is 11.6 Å². The van der Waals surface area contributed by atoms with Crippen LogP contribution < -0.4 is 14.8 Å². The fourth-order valence-electron chi connectivity index (χ4n) is 4.04. The second-order valence-corrected chi connectivity index (χ2v) is 7.67. The Labute approximate surface area is 192 Å². The predicted octanol–water partition coefficient (Wildman–Crippen LogP) is 3.69. The van der Waals surface area contributed by atoms with E-state index in [1.165, 1.54) is 17.9 Å². The van der Waals surface area contributed by atoms with Gasteiger partial charge in [-0.3, -0.25) is 15.2 Å². The number of carbonyl (C=O) groups excluding carboxylic acids is 1. The normalized spacial score (nSPS) is 12.5. The van der Waals surface area contributed by atoms with Crippen LogP contribution in [0.15, 0.2) is 36.4 Å². The van der Waals surface area contributed by atoms with Crippen molar-refractivity contribution in [1.29, 1.82) is 0 Å². The maximum absolute atomic E-state index is 13.8. The van der Waals surface area contributed by atoms with E-state index < -0.39 is 17.5 Å². The molecule has 0 aliphatic heterocycles. The van der Waals surface area contributed by atoms with Crippen molar-refractivity contribution in [3.63, 3.8) is 0 Å². The second-order valence-electron chi connectivity index (χ2n) is 7.67. The first-order valence-electron chi connectivity index (χ1n) is 10.5. The molecule has 1 amide bonds. The monoisotopic (exact) mass is 466 g/mol. The molecule has 2 heterocycles. The Hall–Kier alpha value is -4.28. The minimum atomic E-state index is -0.979. The molecule has 2 aromatic carbocycles. The van der Waals surface area contributed by atoms with E-state index in [1.807, 2.05) is 0 Å². The summed E-state index contributed by atoms with van der Waals surface area (Å²) in [5.41, 5.74) is 2.76. The molecule has 0 radical (unpaired) electrons. The van der Waals surface area contributed by atoms with Gasteiger partial charge in [0.15, 0.2) is 23.2 Å². The third kappa shape index (κ3) is 3.74. The van der Waals surface area contributed by atoms with Gasteiger partial charge in [-0.15, -0.1) is 5.10 Å². The van der Waals surface area contributed by atoms with Crippen LogP contribution in [0, 0.1) is 11.6 Å². The molecule has 11 heteroatoms. The summed E-state index contributed by atoms with van der Waals surface area (Å²) in [6.45, 7) is 0. The van der Waals surface area contributed by atoms with Gasteiger partial charge in [-0.2, -0.15) is 10.1 Å². The summed E-state index contributed by atoms with van der Waals surface area (Å²) in [6.07, 6.45) is 2.17. The lowest BCUT2D eigenvalue weighted by Crippen LogP contribution is -2.16. The number of hydrogen-bond donors (Lipinski definition) is 2. The van der Waals surface area contributed by atoms with Crippen LogP contribution in [0.3, 0.4) is 0 Å². The Balaban J connectivity index is 1.42. The quantitative estimate of drug-likeness (QED) is 0.449. The molecule has 1 aliphatic carbocycles. The zero-order valence-corrected chi connectivity index (χ0v) is 18.4. The zero-order valence-electron chi connectivity index (χ0n) is 18.4. The number of benzene rings is 2. The van der Waals surface area contributed by atoms with E-state index >= 15 is 0 Å². The maximum Gasteiger partial charge on any atom is 0.278 e. The molecule has 1 aliphatic rings. The molecule has 0 saturated heterocycles. The Bertz CT molecular complexity index is 1400. The number of carbonyl (C=O) groups is 1. The van der Waals surface area contributed by atoms with Crippen molar-refractivity contribution in [3.8, 4) is 28.6 Å². The van der Waals surface area contributed by atoms with Crippen LogP contribution in [0.1, 0.15) is 28.2 Å². The number of aromatic amines is 1. The van der Waals surface area contributed by atoms with Crippen LogP contribution in [0.5, 0.6) is 11.5 Å². The second kappa shape index (κ2) is 8.58. The fourth-order valence-corrected chi connectivity index (χ4v) is 4.04. The van der Waals surface area contributed by atoms with Gasteiger partial charge in [0.25, 0.3) is 5.91 Å². The predicted molar refractivity (Wildman–Crippen MR) is 118 cm³/mol. The van der Waals surface area contributed by atoms with Crippen molar-refractivity contribution < 1.29 is 23.0 Å². The van der Waals surface area contributed by atoms with Gasteiger partial charge in [0.2, 0.25) is 5.95 Å². The van der Waals surface area contributed by atoms with E-state index in [2.05, 4.69) is 25.6 Å². The summed E-state index contributed by atoms with van der Waals surface area (Å²) in [5, 5.41) is 13.9. The van der Waals surface area contributed by atoms with Crippen LogP contribution >= 0.6 is 0 Å². The third-order valence-corrected chi connectivity index (χ3v) is 5.67. The molecule has 0 atom stereocenters. The number of methoxy groups -OCH3 is 2. The first kappa shape index (κ1) is 21.6. The van der Waals surface area contributed by atoms with Crippen LogP contribution in [0.2, 0.25) is 0 Å². The number of nitrogens with zero attached hydrogens (tertiary/aromatic N) is 4. The molecule has 2 aromatic heterocycles. The minimum absolute atomic E-state index is 0.0620. The summed E-state index contributed by atoms with van der Waals surface area (Å²) >= 11 is 0. The van der Waals surface area contributed by atoms with E-state index in [1.54, 1.807) is 25.3 Å². The summed E-state index contributed by atoms with van der Waals surface area (Å²) < 4.78 is 39.2. The molecule has 0 saturated carbocycles. The molecule has 2 N–H and O–H groups in total. The number of hydrogen-bond acceptors (Lipinski definition) is 6. The largest absolute Gasteiger partial charge is 0.497 e. The molecule has 9 nitrogen and oxygen atoms in total. The molecular weight excluding hydrogens is 446 g/mol. The van der Waals surface area contributed by atoms with E-state index in [4.69, 9.17) is 9.47 Å². The number of halogens is 2. The Morgan fingerprint density at radius 1 is 1.09 bits per heavy atom. The Kier molecular flexibility index (Phi) is 5.44. The highest BCUT2D eigenvalue weighted by Crippen LogP contribution is 2.32. The van der Waals surface area contributed by atoms with Gasteiger partial charge in [0.05, 0.1) is 25.5 Å². The number of amides is 1. The van der Waals surface area contributed by atoms with Gasteiger partial charge in [0.1, 0.15) is 11.5 Å².